The van der Waals surface area contributed by atoms with Crippen LogP contribution in [0.2, 0.25) is 0 Å². The van der Waals surface area contributed by atoms with E-state index in [2.05, 4.69) is 5.32 Å². The summed E-state index contributed by atoms with van der Waals surface area (Å²) in [6.07, 6.45) is 0.544. The van der Waals surface area contributed by atoms with Crippen LogP contribution in [0.1, 0.15) is 38.7 Å². The number of benzene rings is 2. The first-order chi connectivity index (χ1) is 12.3. The van der Waals surface area contributed by atoms with Gasteiger partial charge in [0.2, 0.25) is 5.91 Å². The van der Waals surface area contributed by atoms with E-state index in [1.807, 2.05) is 57.2 Å². The lowest BCUT2D eigenvalue weighted by Crippen LogP contribution is -2.44. The number of methoxy groups -OCH3 is 2. The Hall–Kier alpha value is -2.56. The third-order valence-corrected chi connectivity index (χ3v) is 4.47. The second-order valence-corrected chi connectivity index (χ2v) is 6.91. The Morgan fingerprint density at radius 3 is 2.27 bits per heavy atom. The Morgan fingerprint density at radius 2 is 1.65 bits per heavy atom. The molecular formula is C21H27NO4. The molecule has 0 heterocycles. The first-order valence-corrected chi connectivity index (χ1v) is 8.81. The fraction of sp³-hybridized carbons (Fsp3) is 0.429. The Morgan fingerprint density at radius 1 is 1.00 bits per heavy atom. The Balaban J connectivity index is 2.18. The molecule has 140 valence electrons. The van der Waals surface area contributed by atoms with E-state index in [1.54, 1.807) is 7.11 Å². The second-order valence-electron chi connectivity index (χ2n) is 6.91. The molecule has 0 aromatic heterocycles. The van der Waals surface area contributed by atoms with Crippen LogP contribution in [0.25, 0.3) is 10.8 Å². The van der Waals surface area contributed by atoms with Gasteiger partial charge in [-0.05, 0) is 47.7 Å². The van der Waals surface area contributed by atoms with Gasteiger partial charge in [0.25, 0.3) is 0 Å². The summed E-state index contributed by atoms with van der Waals surface area (Å²) in [5, 5.41) is 4.92. The number of carbonyl (C=O) groups excluding carboxylic acids is 2. The lowest BCUT2D eigenvalue weighted by molar-refractivity contribution is -0.145. The largest absolute Gasteiger partial charge is 0.497 e. The van der Waals surface area contributed by atoms with Crippen molar-refractivity contribution >= 4 is 22.6 Å². The molecule has 0 bridgehead atoms. The van der Waals surface area contributed by atoms with Gasteiger partial charge >= 0.3 is 5.97 Å². The van der Waals surface area contributed by atoms with Crippen molar-refractivity contribution in [3.63, 3.8) is 0 Å². The number of hydrogen-bond acceptors (Lipinski definition) is 4. The van der Waals surface area contributed by atoms with Crippen molar-refractivity contribution in [3.05, 3.63) is 42.0 Å². The molecule has 0 fully saturated rings. The molecule has 2 atom stereocenters. The van der Waals surface area contributed by atoms with E-state index in [9.17, 15) is 9.59 Å². The van der Waals surface area contributed by atoms with Crippen molar-refractivity contribution in [1.82, 2.24) is 5.32 Å². The molecule has 0 aliphatic carbocycles. The lowest BCUT2D eigenvalue weighted by atomic mass is 9.96. The highest BCUT2D eigenvalue weighted by atomic mass is 16.5. The average Bonchev–Trinajstić information content (AvgIpc) is 2.64. The van der Waals surface area contributed by atoms with E-state index in [0.29, 0.717) is 6.42 Å². The summed E-state index contributed by atoms with van der Waals surface area (Å²) in [5.41, 5.74) is 0.897. The highest BCUT2D eigenvalue weighted by Crippen LogP contribution is 2.25. The normalized spacial score (nSPS) is 13.3. The van der Waals surface area contributed by atoms with E-state index >= 15 is 0 Å². The van der Waals surface area contributed by atoms with Crippen LogP contribution < -0.4 is 10.1 Å². The monoisotopic (exact) mass is 357 g/mol. The molecule has 2 rings (SSSR count). The Bertz CT molecular complexity index is 785. The molecule has 0 spiro atoms. The van der Waals surface area contributed by atoms with E-state index < -0.39 is 12.0 Å². The van der Waals surface area contributed by atoms with Gasteiger partial charge < -0.3 is 14.8 Å². The summed E-state index contributed by atoms with van der Waals surface area (Å²) < 4.78 is 10.1. The van der Waals surface area contributed by atoms with Crippen LogP contribution in [0.5, 0.6) is 5.75 Å². The van der Waals surface area contributed by atoms with Crippen molar-refractivity contribution in [1.29, 1.82) is 0 Å². The molecule has 0 aliphatic heterocycles. The summed E-state index contributed by atoms with van der Waals surface area (Å²) in [7, 11) is 2.97. The molecule has 0 saturated carbocycles. The van der Waals surface area contributed by atoms with Crippen LogP contribution in [0.4, 0.5) is 0 Å². The predicted octanol–water partition coefficient (Wildman–Crippen LogP) is 3.66. The van der Waals surface area contributed by atoms with Crippen molar-refractivity contribution < 1.29 is 19.1 Å². The third kappa shape index (κ3) is 4.75. The number of fused-ring (bicyclic) bond motifs is 1. The maximum absolute atomic E-state index is 12.7. The topological polar surface area (TPSA) is 64.6 Å². The molecular weight excluding hydrogens is 330 g/mol. The van der Waals surface area contributed by atoms with E-state index in [4.69, 9.17) is 9.47 Å². The zero-order chi connectivity index (χ0) is 19.3. The summed E-state index contributed by atoms with van der Waals surface area (Å²) in [6, 6.07) is 11.1. The SMILES string of the molecule is COC(=O)C(CC(C)C)NC(=O)[C@@H](C)c1ccc2cc(OC)ccc2c1. The second kappa shape index (κ2) is 8.70. The number of rotatable bonds is 7. The van der Waals surface area contributed by atoms with Crippen LogP contribution in [0.15, 0.2) is 36.4 Å². The summed E-state index contributed by atoms with van der Waals surface area (Å²) in [4.78, 5) is 24.6. The lowest BCUT2D eigenvalue weighted by Gasteiger charge is -2.21. The number of amides is 1. The van der Waals surface area contributed by atoms with Crippen LogP contribution in [-0.2, 0) is 14.3 Å². The minimum absolute atomic E-state index is 0.186. The van der Waals surface area contributed by atoms with Crippen LogP contribution in [0, 0.1) is 5.92 Å². The van der Waals surface area contributed by atoms with E-state index in [1.165, 1.54) is 7.11 Å². The van der Waals surface area contributed by atoms with Gasteiger partial charge in [-0.1, -0.05) is 38.1 Å². The number of carbonyl (C=O) groups is 2. The zero-order valence-corrected chi connectivity index (χ0v) is 16.0. The van der Waals surface area contributed by atoms with Gasteiger partial charge in [0.1, 0.15) is 11.8 Å². The zero-order valence-electron chi connectivity index (χ0n) is 16.0. The van der Waals surface area contributed by atoms with Crippen molar-refractivity contribution in [2.24, 2.45) is 5.92 Å². The number of ether oxygens (including phenoxy) is 2. The van der Waals surface area contributed by atoms with Gasteiger partial charge in [-0.25, -0.2) is 4.79 Å². The van der Waals surface area contributed by atoms with Gasteiger partial charge in [-0.3, -0.25) is 4.79 Å². The van der Waals surface area contributed by atoms with Gasteiger partial charge in [0.15, 0.2) is 0 Å². The molecule has 5 heteroatoms. The molecule has 2 aromatic rings. The molecule has 5 nitrogen and oxygen atoms in total. The maximum atomic E-state index is 12.7. The number of hydrogen-bond donors (Lipinski definition) is 1. The van der Waals surface area contributed by atoms with Crippen molar-refractivity contribution in [2.45, 2.75) is 39.2 Å². The smallest absolute Gasteiger partial charge is 0.328 e. The van der Waals surface area contributed by atoms with Crippen LogP contribution in [-0.4, -0.2) is 32.1 Å². The minimum Gasteiger partial charge on any atom is -0.497 e. The van der Waals surface area contributed by atoms with Crippen molar-refractivity contribution in [3.8, 4) is 5.75 Å². The molecule has 1 N–H and O–H groups in total. The molecule has 1 amide bonds. The standard InChI is InChI=1S/C21H27NO4/c1-13(2)10-19(21(24)26-5)22-20(23)14(3)15-6-7-17-12-18(25-4)9-8-16(17)11-15/h6-9,11-14,19H,10H2,1-5H3,(H,22,23)/t14-,19?/m0/s1. The fourth-order valence-corrected chi connectivity index (χ4v) is 2.91. The van der Waals surface area contributed by atoms with Gasteiger partial charge in [-0.2, -0.15) is 0 Å². The van der Waals surface area contributed by atoms with E-state index in [-0.39, 0.29) is 17.7 Å². The van der Waals surface area contributed by atoms with Crippen LogP contribution in [0.3, 0.4) is 0 Å². The Labute approximate surface area is 154 Å². The predicted molar refractivity (Wildman–Crippen MR) is 102 cm³/mol. The highest BCUT2D eigenvalue weighted by molar-refractivity contribution is 5.90. The minimum atomic E-state index is -0.625. The summed E-state index contributed by atoms with van der Waals surface area (Å²) in [6.45, 7) is 5.84. The summed E-state index contributed by atoms with van der Waals surface area (Å²) in [5.74, 6) is 0.0931. The quantitative estimate of drug-likeness (QED) is 0.768. The molecule has 0 aliphatic rings. The van der Waals surface area contributed by atoms with E-state index in [0.717, 1.165) is 22.1 Å². The maximum Gasteiger partial charge on any atom is 0.328 e. The molecule has 26 heavy (non-hydrogen) atoms. The number of esters is 1. The van der Waals surface area contributed by atoms with Gasteiger partial charge in [0.05, 0.1) is 20.1 Å². The molecule has 0 saturated heterocycles. The Kier molecular flexibility index (Phi) is 6.61. The molecule has 0 radical (unpaired) electrons. The first kappa shape index (κ1) is 19.8. The van der Waals surface area contributed by atoms with Gasteiger partial charge in [-0.15, -0.1) is 0 Å². The number of nitrogens with one attached hydrogen (secondary N) is 1. The molecule has 2 aromatic carbocycles. The average molecular weight is 357 g/mol. The molecule has 1 unspecified atom stereocenters. The van der Waals surface area contributed by atoms with Gasteiger partial charge in [0, 0.05) is 0 Å². The van der Waals surface area contributed by atoms with Crippen molar-refractivity contribution in [2.75, 3.05) is 14.2 Å². The highest BCUT2D eigenvalue weighted by Gasteiger charge is 2.25. The first-order valence-electron chi connectivity index (χ1n) is 8.81. The third-order valence-electron chi connectivity index (χ3n) is 4.47. The summed E-state index contributed by atoms with van der Waals surface area (Å²) >= 11 is 0. The van der Waals surface area contributed by atoms with Crippen LogP contribution >= 0.6 is 0 Å². The fourth-order valence-electron chi connectivity index (χ4n) is 2.91.